The summed E-state index contributed by atoms with van der Waals surface area (Å²) in [7, 11) is 0. The molecule has 7 nitrogen and oxygen atoms in total. The van der Waals surface area contributed by atoms with Gasteiger partial charge in [0.1, 0.15) is 18.1 Å². The lowest BCUT2D eigenvalue weighted by atomic mass is 10.2. The second-order valence-electron chi connectivity index (χ2n) is 6.38. The maximum absolute atomic E-state index is 12.4. The number of nitrogens with one attached hydrogen (secondary N) is 1. The molecular weight excluding hydrogens is 332 g/mol. The Morgan fingerprint density at radius 3 is 2.73 bits per heavy atom. The maximum atomic E-state index is 12.4. The number of ether oxygens (including phenoxy) is 1. The summed E-state index contributed by atoms with van der Waals surface area (Å²) in [6, 6.07) is 11.0. The van der Waals surface area contributed by atoms with Crippen molar-refractivity contribution in [2.45, 2.75) is 12.8 Å². The number of fused-ring (bicyclic) bond motifs is 1. The van der Waals surface area contributed by atoms with Crippen LogP contribution in [0, 0.1) is 0 Å². The first-order chi connectivity index (χ1) is 12.7. The second-order valence-corrected chi connectivity index (χ2v) is 6.38. The number of pyridine rings is 1. The average Bonchev–Trinajstić information content (AvgIpc) is 3.19. The molecule has 4 rings (SSSR count). The third kappa shape index (κ3) is 3.33. The molecule has 26 heavy (non-hydrogen) atoms. The van der Waals surface area contributed by atoms with Gasteiger partial charge in [0.15, 0.2) is 6.61 Å². The summed E-state index contributed by atoms with van der Waals surface area (Å²) in [6.45, 7) is 1.93. The molecule has 0 aliphatic carbocycles. The number of nitrogens with zero attached hydrogens (tertiary/aromatic N) is 3. The lowest BCUT2D eigenvalue weighted by Gasteiger charge is -2.28. The van der Waals surface area contributed by atoms with E-state index in [-0.39, 0.29) is 25.0 Å². The first-order valence-corrected chi connectivity index (χ1v) is 8.74. The van der Waals surface area contributed by atoms with Gasteiger partial charge in [-0.15, -0.1) is 0 Å². The molecule has 0 bridgehead atoms. The Bertz CT molecular complexity index is 816. The molecule has 0 spiro atoms. The summed E-state index contributed by atoms with van der Waals surface area (Å²) in [6.07, 6.45) is 4.03. The van der Waals surface area contributed by atoms with Crippen molar-refractivity contribution in [2.24, 2.45) is 0 Å². The fourth-order valence-electron chi connectivity index (χ4n) is 3.26. The van der Waals surface area contributed by atoms with E-state index in [1.807, 2.05) is 24.3 Å². The average molecular weight is 352 g/mol. The standard InChI is InChI=1S/C19H20N4O3/c24-18(12-23-15-5-1-2-6-16(15)26-13-19(23)25)21-14-7-8-17(20-11-14)22-9-3-4-10-22/h1-2,5-8,11H,3-4,9-10,12-13H2,(H,21,24). The highest BCUT2D eigenvalue weighted by atomic mass is 16.5. The topological polar surface area (TPSA) is 74.8 Å². The van der Waals surface area contributed by atoms with E-state index in [4.69, 9.17) is 4.74 Å². The van der Waals surface area contributed by atoms with E-state index in [2.05, 4.69) is 15.2 Å². The normalized spacial score (nSPS) is 16.2. The van der Waals surface area contributed by atoms with Crippen LogP contribution in [0.2, 0.25) is 0 Å². The quantitative estimate of drug-likeness (QED) is 0.911. The minimum Gasteiger partial charge on any atom is -0.482 e. The van der Waals surface area contributed by atoms with Gasteiger partial charge in [-0.1, -0.05) is 12.1 Å². The number of hydrogen-bond acceptors (Lipinski definition) is 5. The van der Waals surface area contributed by atoms with Gasteiger partial charge in [0, 0.05) is 13.1 Å². The van der Waals surface area contributed by atoms with E-state index < -0.39 is 0 Å². The molecule has 0 atom stereocenters. The fraction of sp³-hybridized carbons (Fsp3) is 0.316. The van der Waals surface area contributed by atoms with E-state index in [1.165, 1.54) is 17.7 Å². The monoisotopic (exact) mass is 352 g/mol. The van der Waals surface area contributed by atoms with Crippen LogP contribution < -0.4 is 19.9 Å². The number of carbonyl (C=O) groups excluding carboxylic acids is 2. The van der Waals surface area contributed by atoms with Crippen LogP contribution in [0.3, 0.4) is 0 Å². The smallest absolute Gasteiger partial charge is 0.265 e. The Labute approximate surface area is 151 Å². The summed E-state index contributed by atoms with van der Waals surface area (Å²) in [4.78, 5) is 32.6. The summed E-state index contributed by atoms with van der Waals surface area (Å²) >= 11 is 0. The van der Waals surface area contributed by atoms with Crippen molar-refractivity contribution in [1.29, 1.82) is 0 Å². The lowest BCUT2D eigenvalue weighted by molar-refractivity contribution is -0.123. The molecule has 1 N–H and O–H groups in total. The van der Waals surface area contributed by atoms with Crippen molar-refractivity contribution in [1.82, 2.24) is 4.98 Å². The predicted molar refractivity (Wildman–Crippen MR) is 98.6 cm³/mol. The zero-order valence-electron chi connectivity index (χ0n) is 14.4. The Balaban J connectivity index is 1.42. The van der Waals surface area contributed by atoms with Crippen molar-refractivity contribution >= 4 is 29.0 Å². The van der Waals surface area contributed by atoms with Crippen molar-refractivity contribution in [2.75, 3.05) is 41.4 Å². The highest BCUT2D eigenvalue weighted by Gasteiger charge is 2.27. The largest absolute Gasteiger partial charge is 0.482 e. The van der Waals surface area contributed by atoms with Crippen LogP contribution in [0.15, 0.2) is 42.6 Å². The minimum absolute atomic E-state index is 0.0591. The van der Waals surface area contributed by atoms with Gasteiger partial charge in [-0.3, -0.25) is 14.5 Å². The van der Waals surface area contributed by atoms with Crippen molar-refractivity contribution in [3.63, 3.8) is 0 Å². The van der Waals surface area contributed by atoms with Crippen molar-refractivity contribution < 1.29 is 14.3 Å². The zero-order valence-corrected chi connectivity index (χ0v) is 14.4. The van der Waals surface area contributed by atoms with E-state index in [0.717, 1.165) is 18.9 Å². The molecule has 0 radical (unpaired) electrons. The number of aromatic nitrogens is 1. The number of para-hydroxylation sites is 2. The van der Waals surface area contributed by atoms with Crippen LogP contribution in [-0.2, 0) is 9.59 Å². The van der Waals surface area contributed by atoms with Crippen LogP contribution in [0.1, 0.15) is 12.8 Å². The van der Waals surface area contributed by atoms with E-state index in [9.17, 15) is 9.59 Å². The first kappa shape index (κ1) is 16.4. The summed E-state index contributed by atoms with van der Waals surface area (Å²) in [5.41, 5.74) is 1.23. The van der Waals surface area contributed by atoms with E-state index >= 15 is 0 Å². The molecule has 1 saturated heterocycles. The van der Waals surface area contributed by atoms with Crippen LogP contribution in [0.25, 0.3) is 0 Å². The first-order valence-electron chi connectivity index (χ1n) is 8.74. The Hall–Kier alpha value is -3.09. The van der Waals surface area contributed by atoms with Gasteiger partial charge in [-0.05, 0) is 37.1 Å². The number of amides is 2. The van der Waals surface area contributed by atoms with Gasteiger partial charge < -0.3 is 15.0 Å². The van der Waals surface area contributed by atoms with Crippen LogP contribution in [0.4, 0.5) is 17.2 Å². The van der Waals surface area contributed by atoms with Crippen molar-refractivity contribution in [3.05, 3.63) is 42.6 Å². The lowest BCUT2D eigenvalue weighted by Crippen LogP contribution is -2.43. The summed E-state index contributed by atoms with van der Waals surface area (Å²) in [5, 5.41) is 2.80. The predicted octanol–water partition coefficient (Wildman–Crippen LogP) is 2.05. The van der Waals surface area contributed by atoms with Gasteiger partial charge in [0.05, 0.1) is 17.6 Å². The molecular formula is C19H20N4O3. The molecule has 3 heterocycles. The van der Waals surface area contributed by atoms with E-state index in [1.54, 1.807) is 18.3 Å². The van der Waals surface area contributed by atoms with Gasteiger partial charge >= 0.3 is 0 Å². The van der Waals surface area contributed by atoms with Gasteiger partial charge in [0.2, 0.25) is 5.91 Å². The molecule has 0 unspecified atom stereocenters. The summed E-state index contributed by atoms with van der Waals surface area (Å²) in [5.74, 6) is 1.03. The molecule has 2 aliphatic rings. The maximum Gasteiger partial charge on any atom is 0.265 e. The molecule has 1 aromatic heterocycles. The Kier molecular flexibility index (Phi) is 4.43. The molecule has 2 aromatic rings. The molecule has 2 amide bonds. The van der Waals surface area contributed by atoms with Gasteiger partial charge in [-0.25, -0.2) is 4.98 Å². The molecule has 2 aliphatic heterocycles. The SMILES string of the molecule is O=C(CN1C(=O)COc2ccccc21)Nc1ccc(N2CCCC2)nc1. The zero-order chi connectivity index (χ0) is 17.9. The molecule has 0 saturated carbocycles. The second kappa shape index (κ2) is 7.03. The highest BCUT2D eigenvalue weighted by Crippen LogP contribution is 2.31. The fourth-order valence-corrected chi connectivity index (χ4v) is 3.26. The summed E-state index contributed by atoms with van der Waals surface area (Å²) < 4.78 is 5.39. The number of rotatable bonds is 4. The minimum atomic E-state index is -0.272. The molecule has 1 fully saturated rings. The number of hydrogen-bond donors (Lipinski definition) is 1. The highest BCUT2D eigenvalue weighted by molar-refractivity contribution is 6.04. The molecule has 1 aromatic carbocycles. The third-order valence-corrected chi connectivity index (χ3v) is 4.57. The van der Waals surface area contributed by atoms with Crippen molar-refractivity contribution in [3.8, 4) is 5.75 Å². The number of benzene rings is 1. The Morgan fingerprint density at radius 2 is 1.96 bits per heavy atom. The molecule has 134 valence electrons. The van der Waals surface area contributed by atoms with Crippen LogP contribution >= 0.6 is 0 Å². The number of anilines is 3. The molecule has 7 heteroatoms. The Morgan fingerprint density at radius 1 is 1.15 bits per heavy atom. The van der Waals surface area contributed by atoms with Crippen LogP contribution in [0.5, 0.6) is 5.75 Å². The number of carbonyl (C=O) groups is 2. The van der Waals surface area contributed by atoms with Gasteiger partial charge in [0.25, 0.3) is 5.91 Å². The van der Waals surface area contributed by atoms with E-state index in [0.29, 0.717) is 17.1 Å². The third-order valence-electron chi connectivity index (χ3n) is 4.57. The van der Waals surface area contributed by atoms with Crippen LogP contribution in [-0.4, -0.2) is 43.0 Å². The van der Waals surface area contributed by atoms with Gasteiger partial charge in [-0.2, -0.15) is 0 Å².